The molecule has 1 rings (SSSR count). The van der Waals surface area contributed by atoms with Crippen LogP contribution in [0.25, 0.3) is 0 Å². The first-order valence-corrected chi connectivity index (χ1v) is 5.17. The summed E-state index contributed by atoms with van der Waals surface area (Å²) in [5, 5.41) is 0. The van der Waals surface area contributed by atoms with Crippen molar-refractivity contribution in [3.05, 3.63) is 29.8 Å². The highest BCUT2D eigenvalue weighted by Gasteiger charge is 2.10. The van der Waals surface area contributed by atoms with E-state index < -0.39 is 17.7 Å². The molecule has 0 heterocycles. The van der Waals surface area contributed by atoms with Gasteiger partial charge in [-0.1, -0.05) is 0 Å². The normalized spacial score (nSPS) is 9.39. The Morgan fingerprint density at radius 1 is 1.17 bits per heavy atom. The molecule has 0 saturated carbocycles. The number of carbonyl (C=O) groups excluding carboxylic acids is 3. The molecule has 0 fully saturated rings. The molecule has 0 aliphatic carbocycles. The van der Waals surface area contributed by atoms with E-state index in [0.29, 0.717) is 17.9 Å². The molecule has 1 aromatic carbocycles. The number of rotatable bonds is 3. The second-order valence-electron chi connectivity index (χ2n) is 3.23. The van der Waals surface area contributed by atoms with Gasteiger partial charge in [0.05, 0.1) is 6.61 Å². The maximum atomic E-state index is 11.5. The van der Waals surface area contributed by atoms with Crippen LogP contribution in [-0.2, 0) is 9.59 Å². The molecular weight excluding hydrogens is 238 g/mol. The molecule has 0 radical (unpaired) electrons. The summed E-state index contributed by atoms with van der Waals surface area (Å²) in [5.41, 5.74) is 8.93. The van der Waals surface area contributed by atoms with Crippen molar-refractivity contribution in [1.82, 2.24) is 10.9 Å². The summed E-state index contributed by atoms with van der Waals surface area (Å²) in [5.74, 6) is -2.20. The highest BCUT2D eigenvalue weighted by molar-refractivity contribution is 6.34. The Balaban J connectivity index is 2.56. The molecule has 7 heteroatoms. The van der Waals surface area contributed by atoms with Crippen molar-refractivity contribution < 1.29 is 19.1 Å². The summed E-state index contributed by atoms with van der Waals surface area (Å²) >= 11 is 0. The van der Waals surface area contributed by atoms with Crippen LogP contribution in [0.5, 0.6) is 5.75 Å². The maximum Gasteiger partial charge on any atom is 0.327 e. The van der Waals surface area contributed by atoms with Crippen LogP contribution >= 0.6 is 0 Å². The SMILES string of the molecule is CCOc1ccc(C(=O)NNC(=O)C(N)=O)cc1. The Morgan fingerprint density at radius 3 is 2.28 bits per heavy atom. The number of nitrogens with two attached hydrogens (primary N) is 1. The quantitative estimate of drug-likeness (QED) is 0.488. The number of benzene rings is 1. The van der Waals surface area contributed by atoms with Crippen LogP contribution in [0.4, 0.5) is 0 Å². The summed E-state index contributed by atoms with van der Waals surface area (Å²) in [6.45, 7) is 2.38. The second kappa shape index (κ2) is 6.24. The number of primary amides is 1. The number of amides is 3. The molecule has 0 atom stereocenters. The molecule has 0 unspecified atom stereocenters. The van der Waals surface area contributed by atoms with Crippen molar-refractivity contribution >= 4 is 17.7 Å². The third kappa shape index (κ3) is 3.78. The van der Waals surface area contributed by atoms with E-state index in [1.54, 1.807) is 12.1 Å². The van der Waals surface area contributed by atoms with Crippen molar-refractivity contribution in [3.8, 4) is 5.75 Å². The summed E-state index contributed by atoms with van der Waals surface area (Å²) < 4.78 is 5.21. The minimum atomic E-state index is -1.18. The summed E-state index contributed by atoms with van der Waals surface area (Å²) in [6.07, 6.45) is 0. The largest absolute Gasteiger partial charge is 0.494 e. The number of hydrogen-bond donors (Lipinski definition) is 3. The first-order valence-electron chi connectivity index (χ1n) is 5.17. The van der Waals surface area contributed by atoms with Crippen LogP contribution in [0.1, 0.15) is 17.3 Å². The molecule has 0 saturated heterocycles. The van der Waals surface area contributed by atoms with Gasteiger partial charge < -0.3 is 10.5 Å². The van der Waals surface area contributed by atoms with E-state index in [0.717, 1.165) is 0 Å². The topological polar surface area (TPSA) is 111 Å². The molecule has 96 valence electrons. The zero-order chi connectivity index (χ0) is 13.5. The van der Waals surface area contributed by atoms with Crippen molar-refractivity contribution in [3.63, 3.8) is 0 Å². The fourth-order valence-electron chi connectivity index (χ4n) is 1.12. The fraction of sp³-hybridized carbons (Fsp3) is 0.182. The van der Waals surface area contributed by atoms with Crippen LogP contribution in [0.3, 0.4) is 0 Å². The highest BCUT2D eigenvalue weighted by Crippen LogP contribution is 2.11. The lowest BCUT2D eigenvalue weighted by atomic mass is 10.2. The van der Waals surface area contributed by atoms with Crippen molar-refractivity contribution in [1.29, 1.82) is 0 Å². The zero-order valence-corrected chi connectivity index (χ0v) is 9.73. The van der Waals surface area contributed by atoms with E-state index in [9.17, 15) is 14.4 Å². The molecule has 0 aliphatic rings. The van der Waals surface area contributed by atoms with Gasteiger partial charge in [-0.25, -0.2) is 0 Å². The predicted molar refractivity (Wildman–Crippen MR) is 62.4 cm³/mol. The highest BCUT2D eigenvalue weighted by atomic mass is 16.5. The van der Waals surface area contributed by atoms with Crippen molar-refractivity contribution in [2.75, 3.05) is 6.61 Å². The molecule has 18 heavy (non-hydrogen) atoms. The van der Waals surface area contributed by atoms with Gasteiger partial charge in [0.1, 0.15) is 5.75 Å². The average molecular weight is 251 g/mol. The van der Waals surface area contributed by atoms with Crippen LogP contribution in [0.15, 0.2) is 24.3 Å². The second-order valence-corrected chi connectivity index (χ2v) is 3.23. The monoisotopic (exact) mass is 251 g/mol. The van der Waals surface area contributed by atoms with Crippen molar-refractivity contribution in [2.24, 2.45) is 5.73 Å². The van der Waals surface area contributed by atoms with Gasteiger partial charge >= 0.3 is 11.8 Å². The Morgan fingerprint density at radius 2 is 1.78 bits per heavy atom. The Bertz CT molecular complexity index is 456. The number of ether oxygens (including phenoxy) is 1. The third-order valence-corrected chi connectivity index (χ3v) is 1.94. The molecular formula is C11H13N3O4. The molecule has 4 N–H and O–H groups in total. The average Bonchev–Trinajstić information content (AvgIpc) is 2.36. The molecule has 1 aromatic rings. The van der Waals surface area contributed by atoms with Crippen LogP contribution in [0.2, 0.25) is 0 Å². The van der Waals surface area contributed by atoms with E-state index >= 15 is 0 Å². The van der Waals surface area contributed by atoms with Gasteiger partial charge in [-0.3, -0.25) is 25.2 Å². The van der Waals surface area contributed by atoms with Gasteiger partial charge in [0, 0.05) is 5.56 Å². The van der Waals surface area contributed by atoms with Gasteiger partial charge in [0.15, 0.2) is 0 Å². The van der Waals surface area contributed by atoms with Gasteiger partial charge in [-0.15, -0.1) is 0 Å². The smallest absolute Gasteiger partial charge is 0.327 e. The molecule has 0 aromatic heterocycles. The first kappa shape index (κ1) is 13.5. The van der Waals surface area contributed by atoms with E-state index in [-0.39, 0.29) is 0 Å². The van der Waals surface area contributed by atoms with E-state index in [4.69, 9.17) is 10.5 Å². The number of hydrogen-bond acceptors (Lipinski definition) is 4. The molecule has 7 nitrogen and oxygen atoms in total. The minimum Gasteiger partial charge on any atom is -0.494 e. The first-order chi connectivity index (χ1) is 8.54. The van der Waals surface area contributed by atoms with E-state index in [1.165, 1.54) is 12.1 Å². The summed E-state index contributed by atoms with van der Waals surface area (Å²) in [4.78, 5) is 32.7. The third-order valence-electron chi connectivity index (χ3n) is 1.94. The fourth-order valence-corrected chi connectivity index (χ4v) is 1.12. The molecule has 3 amide bonds. The van der Waals surface area contributed by atoms with E-state index in [2.05, 4.69) is 5.43 Å². The minimum absolute atomic E-state index is 0.309. The van der Waals surface area contributed by atoms with Gasteiger partial charge in [0.25, 0.3) is 5.91 Å². The summed E-state index contributed by atoms with van der Waals surface area (Å²) in [6, 6.07) is 6.29. The molecule has 0 spiro atoms. The van der Waals surface area contributed by atoms with Crippen LogP contribution in [-0.4, -0.2) is 24.3 Å². The lowest BCUT2D eigenvalue weighted by Crippen LogP contribution is -2.47. The van der Waals surface area contributed by atoms with Crippen LogP contribution in [0, 0.1) is 0 Å². The van der Waals surface area contributed by atoms with Crippen LogP contribution < -0.4 is 21.3 Å². The maximum absolute atomic E-state index is 11.5. The van der Waals surface area contributed by atoms with Crippen molar-refractivity contribution in [2.45, 2.75) is 6.92 Å². The van der Waals surface area contributed by atoms with Gasteiger partial charge in [-0.2, -0.15) is 0 Å². The number of nitrogens with one attached hydrogen (secondary N) is 2. The van der Waals surface area contributed by atoms with Gasteiger partial charge in [-0.05, 0) is 31.2 Å². The van der Waals surface area contributed by atoms with E-state index in [1.807, 2.05) is 12.3 Å². The Hall–Kier alpha value is -2.57. The van der Waals surface area contributed by atoms with Gasteiger partial charge in [0.2, 0.25) is 0 Å². The Labute approximate surface area is 103 Å². The standard InChI is InChI=1S/C11H13N3O4/c1-2-18-8-5-3-7(4-6-8)10(16)13-14-11(17)9(12)15/h3-6H,2H2,1H3,(H2,12,15)(H,13,16)(H,14,17). The Kier molecular flexibility index (Phi) is 4.67. The number of hydrazine groups is 1. The summed E-state index contributed by atoms with van der Waals surface area (Å²) in [7, 11) is 0. The molecule has 0 aliphatic heterocycles. The number of carbonyl (C=O) groups is 3. The molecule has 0 bridgehead atoms. The zero-order valence-electron chi connectivity index (χ0n) is 9.73. The lowest BCUT2D eigenvalue weighted by molar-refractivity contribution is -0.137. The lowest BCUT2D eigenvalue weighted by Gasteiger charge is -2.06. The predicted octanol–water partition coefficient (Wildman–Crippen LogP) is -0.668.